The maximum atomic E-state index is 13.5. The summed E-state index contributed by atoms with van der Waals surface area (Å²) in [4.78, 5) is 18.2. The van der Waals surface area contributed by atoms with E-state index in [1.165, 1.54) is 12.1 Å². The SMILES string of the molecule is COc1ccccc1-c1cc(C(=O)NCc2ccc(F)cc2)c2c(-c3ccc(Br)cc3)[nH]nc2n1. The highest BCUT2D eigenvalue weighted by molar-refractivity contribution is 9.10. The van der Waals surface area contributed by atoms with Crippen LogP contribution in [-0.2, 0) is 6.54 Å². The van der Waals surface area contributed by atoms with Crippen LogP contribution in [0.25, 0.3) is 33.5 Å². The number of nitrogens with one attached hydrogen (secondary N) is 2. The number of fused-ring (bicyclic) bond motifs is 1. The van der Waals surface area contributed by atoms with Gasteiger partial charge in [-0.3, -0.25) is 9.89 Å². The number of hydrogen-bond acceptors (Lipinski definition) is 4. The molecule has 8 heteroatoms. The zero-order valence-corrected chi connectivity index (χ0v) is 20.3. The smallest absolute Gasteiger partial charge is 0.252 e. The number of aromatic nitrogens is 3. The van der Waals surface area contributed by atoms with Gasteiger partial charge in [0.2, 0.25) is 0 Å². The maximum absolute atomic E-state index is 13.5. The molecule has 0 radical (unpaired) electrons. The Morgan fingerprint density at radius 1 is 1.06 bits per heavy atom. The summed E-state index contributed by atoms with van der Waals surface area (Å²) in [5, 5.41) is 11.0. The van der Waals surface area contributed by atoms with Gasteiger partial charge in [-0.1, -0.05) is 52.3 Å². The molecule has 2 aromatic heterocycles. The zero-order chi connectivity index (χ0) is 24.4. The second-order valence-electron chi connectivity index (χ2n) is 7.87. The van der Waals surface area contributed by atoms with E-state index in [0.29, 0.717) is 33.7 Å². The number of benzene rings is 3. The third kappa shape index (κ3) is 4.65. The number of methoxy groups -OCH3 is 1. The van der Waals surface area contributed by atoms with E-state index in [2.05, 4.69) is 31.4 Å². The van der Waals surface area contributed by atoms with E-state index in [0.717, 1.165) is 21.2 Å². The summed E-state index contributed by atoms with van der Waals surface area (Å²) in [6.07, 6.45) is 0. The van der Waals surface area contributed by atoms with Crippen LogP contribution in [0.15, 0.2) is 83.3 Å². The Balaban J connectivity index is 1.62. The minimum absolute atomic E-state index is 0.248. The van der Waals surface area contributed by atoms with Crippen LogP contribution in [-0.4, -0.2) is 28.2 Å². The Kier molecular flexibility index (Phi) is 6.29. The van der Waals surface area contributed by atoms with Gasteiger partial charge in [0.25, 0.3) is 5.91 Å². The van der Waals surface area contributed by atoms with Gasteiger partial charge in [-0.15, -0.1) is 0 Å². The number of ether oxygens (including phenoxy) is 1. The lowest BCUT2D eigenvalue weighted by atomic mass is 10.0. The maximum Gasteiger partial charge on any atom is 0.252 e. The second-order valence-corrected chi connectivity index (χ2v) is 8.78. The van der Waals surface area contributed by atoms with Crippen molar-refractivity contribution in [2.24, 2.45) is 0 Å². The number of amides is 1. The highest BCUT2D eigenvalue weighted by Crippen LogP contribution is 2.34. The molecule has 0 saturated heterocycles. The van der Waals surface area contributed by atoms with Crippen molar-refractivity contribution < 1.29 is 13.9 Å². The largest absolute Gasteiger partial charge is 0.496 e. The standard InChI is InChI=1S/C27H20BrFN4O2/c1-35-23-5-3-2-4-20(23)22-14-21(27(34)30-15-16-6-12-19(29)13-7-16)24-25(32-33-26(24)31-22)17-8-10-18(28)11-9-17/h2-14H,15H2,1H3,(H,30,34)(H,31,32,33). The Labute approximate surface area is 209 Å². The van der Waals surface area contributed by atoms with Crippen LogP contribution in [0.4, 0.5) is 4.39 Å². The molecule has 0 atom stereocenters. The summed E-state index contributed by atoms with van der Waals surface area (Å²) in [6, 6.07) is 23.0. The molecule has 0 unspecified atom stereocenters. The number of carbonyl (C=O) groups is 1. The van der Waals surface area contributed by atoms with Crippen molar-refractivity contribution in [1.82, 2.24) is 20.5 Å². The number of aromatic amines is 1. The molecule has 0 fully saturated rings. The van der Waals surface area contributed by atoms with Crippen LogP contribution in [0.2, 0.25) is 0 Å². The van der Waals surface area contributed by atoms with Crippen molar-refractivity contribution in [2.75, 3.05) is 7.11 Å². The van der Waals surface area contributed by atoms with Crippen LogP contribution in [0.5, 0.6) is 5.75 Å². The number of carbonyl (C=O) groups excluding carboxylic acids is 1. The Morgan fingerprint density at radius 3 is 2.54 bits per heavy atom. The number of para-hydroxylation sites is 1. The molecule has 0 bridgehead atoms. The fourth-order valence-electron chi connectivity index (χ4n) is 3.90. The minimum atomic E-state index is -0.324. The second kappa shape index (κ2) is 9.68. The summed E-state index contributed by atoms with van der Waals surface area (Å²) in [5.41, 5.74) is 4.50. The summed E-state index contributed by atoms with van der Waals surface area (Å²) in [5.74, 6) is 0.0215. The number of pyridine rings is 1. The fraction of sp³-hybridized carbons (Fsp3) is 0.0741. The first-order valence-electron chi connectivity index (χ1n) is 10.8. The normalized spacial score (nSPS) is 10.9. The first-order chi connectivity index (χ1) is 17.0. The first-order valence-corrected chi connectivity index (χ1v) is 11.6. The molecule has 35 heavy (non-hydrogen) atoms. The van der Waals surface area contributed by atoms with E-state index in [1.807, 2.05) is 48.5 Å². The highest BCUT2D eigenvalue weighted by atomic mass is 79.9. The Hall–Kier alpha value is -4.04. The van der Waals surface area contributed by atoms with Gasteiger partial charge in [0, 0.05) is 22.1 Å². The van der Waals surface area contributed by atoms with E-state index in [4.69, 9.17) is 9.72 Å². The summed E-state index contributed by atoms with van der Waals surface area (Å²) >= 11 is 3.45. The predicted molar refractivity (Wildman–Crippen MR) is 137 cm³/mol. The van der Waals surface area contributed by atoms with Crippen LogP contribution in [0.3, 0.4) is 0 Å². The summed E-state index contributed by atoms with van der Waals surface area (Å²) in [7, 11) is 1.59. The third-order valence-electron chi connectivity index (χ3n) is 5.65. The van der Waals surface area contributed by atoms with Gasteiger partial charge in [0.05, 0.1) is 29.4 Å². The molecule has 2 heterocycles. The van der Waals surface area contributed by atoms with E-state index >= 15 is 0 Å². The lowest BCUT2D eigenvalue weighted by molar-refractivity contribution is 0.0952. The lowest BCUT2D eigenvalue weighted by Crippen LogP contribution is -2.23. The zero-order valence-electron chi connectivity index (χ0n) is 18.7. The van der Waals surface area contributed by atoms with Gasteiger partial charge >= 0.3 is 0 Å². The molecule has 174 valence electrons. The predicted octanol–water partition coefficient (Wildman–Crippen LogP) is 6.13. The number of halogens is 2. The number of hydrogen-bond donors (Lipinski definition) is 2. The van der Waals surface area contributed by atoms with E-state index < -0.39 is 0 Å². The average Bonchev–Trinajstić information content (AvgIpc) is 3.32. The molecule has 1 amide bonds. The van der Waals surface area contributed by atoms with Crippen molar-refractivity contribution in [1.29, 1.82) is 0 Å². The molecule has 0 aliphatic heterocycles. The molecule has 0 aliphatic carbocycles. The van der Waals surface area contributed by atoms with Crippen LogP contribution in [0.1, 0.15) is 15.9 Å². The molecule has 0 saturated carbocycles. The molecule has 2 N–H and O–H groups in total. The fourth-order valence-corrected chi connectivity index (χ4v) is 4.17. The van der Waals surface area contributed by atoms with Crippen LogP contribution >= 0.6 is 15.9 Å². The molecule has 3 aromatic carbocycles. The third-order valence-corrected chi connectivity index (χ3v) is 6.18. The average molecular weight is 531 g/mol. The van der Waals surface area contributed by atoms with Crippen LogP contribution < -0.4 is 10.1 Å². The van der Waals surface area contributed by atoms with Crippen molar-refractivity contribution in [3.05, 3.63) is 100 Å². The van der Waals surface area contributed by atoms with E-state index in [-0.39, 0.29) is 18.3 Å². The molecule has 6 nitrogen and oxygen atoms in total. The highest BCUT2D eigenvalue weighted by Gasteiger charge is 2.21. The van der Waals surface area contributed by atoms with Gasteiger partial charge in [-0.25, -0.2) is 9.37 Å². The minimum Gasteiger partial charge on any atom is -0.496 e. The molecule has 0 aliphatic rings. The molecular formula is C27H20BrFN4O2. The van der Waals surface area contributed by atoms with E-state index in [1.54, 1.807) is 25.3 Å². The van der Waals surface area contributed by atoms with Crippen molar-refractivity contribution in [3.8, 4) is 28.3 Å². The molecule has 0 spiro atoms. The molecule has 5 rings (SSSR count). The first kappa shape index (κ1) is 22.7. The van der Waals surface area contributed by atoms with Gasteiger partial charge in [-0.2, -0.15) is 5.10 Å². The Bertz CT molecular complexity index is 1520. The van der Waals surface area contributed by atoms with Gasteiger partial charge in [-0.05, 0) is 48.0 Å². The van der Waals surface area contributed by atoms with Crippen molar-refractivity contribution in [2.45, 2.75) is 6.54 Å². The number of rotatable bonds is 6. The number of nitrogens with zero attached hydrogens (tertiary/aromatic N) is 2. The lowest BCUT2D eigenvalue weighted by Gasteiger charge is -2.12. The molecular weight excluding hydrogens is 511 g/mol. The van der Waals surface area contributed by atoms with Gasteiger partial charge in [0.1, 0.15) is 11.6 Å². The van der Waals surface area contributed by atoms with Gasteiger partial charge in [0.15, 0.2) is 5.65 Å². The van der Waals surface area contributed by atoms with Crippen molar-refractivity contribution >= 4 is 32.9 Å². The monoisotopic (exact) mass is 530 g/mol. The topological polar surface area (TPSA) is 79.9 Å². The summed E-state index contributed by atoms with van der Waals surface area (Å²) in [6.45, 7) is 0.248. The summed E-state index contributed by atoms with van der Waals surface area (Å²) < 4.78 is 19.7. The Morgan fingerprint density at radius 2 is 1.80 bits per heavy atom. The van der Waals surface area contributed by atoms with Crippen LogP contribution in [0, 0.1) is 5.82 Å². The molecule has 5 aromatic rings. The van der Waals surface area contributed by atoms with Crippen molar-refractivity contribution in [3.63, 3.8) is 0 Å². The quantitative estimate of drug-likeness (QED) is 0.276. The van der Waals surface area contributed by atoms with Gasteiger partial charge < -0.3 is 10.1 Å². The van der Waals surface area contributed by atoms with E-state index in [9.17, 15) is 9.18 Å². The number of H-pyrrole nitrogens is 1.